The SMILES string of the molecule is CCC(C)CCCNC(=O)N[C@@H](Cc1cc(F)cc(F)c1)C(=O)N[C@@H](COC(=O)C1CCCN1C(C)=O)C(=O)OC. The normalized spacial score (nSPS) is 16.7. The van der Waals surface area contributed by atoms with Crippen LogP contribution in [0.5, 0.6) is 0 Å². The van der Waals surface area contributed by atoms with Gasteiger partial charge >= 0.3 is 18.0 Å². The van der Waals surface area contributed by atoms with Crippen LogP contribution in [0.15, 0.2) is 18.2 Å². The van der Waals surface area contributed by atoms with E-state index >= 15 is 0 Å². The zero-order chi connectivity index (χ0) is 30.5. The van der Waals surface area contributed by atoms with Gasteiger partial charge in [0.1, 0.15) is 30.3 Å². The summed E-state index contributed by atoms with van der Waals surface area (Å²) in [6.45, 7) is 5.66. The van der Waals surface area contributed by atoms with E-state index in [0.29, 0.717) is 44.3 Å². The van der Waals surface area contributed by atoms with Crippen LogP contribution in [0.4, 0.5) is 13.6 Å². The van der Waals surface area contributed by atoms with Gasteiger partial charge in [-0.15, -0.1) is 0 Å². The Morgan fingerprint density at radius 1 is 1.07 bits per heavy atom. The molecule has 13 heteroatoms. The van der Waals surface area contributed by atoms with Crippen molar-refractivity contribution in [3.05, 3.63) is 35.4 Å². The van der Waals surface area contributed by atoms with Crippen LogP contribution in [0.2, 0.25) is 0 Å². The molecule has 4 amide bonds. The van der Waals surface area contributed by atoms with Crippen molar-refractivity contribution >= 4 is 29.8 Å². The molecular weight excluding hydrogens is 542 g/mol. The number of carbonyl (C=O) groups is 5. The quantitative estimate of drug-likeness (QED) is 0.225. The fourth-order valence-corrected chi connectivity index (χ4v) is 4.47. The number of ether oxygens (including phenoxy) is 2. The molecular formula is C28H40F2N4O7. The molecule has 228 valence electrons. The van der Waals surface area contributed by atoms with Crippen molar-refractivity contribution in [1.82, 2.24) is 20.9 Å². The van der Waals surface area contributed by atoms with Crippen LogP contribution in [0.3, 0.4) is 0 Å². The molecule has 41 heavy (non-hydrogen) atoms. The number of benzene rings is 1. The fraction of sp³-hybridized carbons (Fsp3) is 0.607. The van der Waals surface area contributed by atoms with Crippen LogP contribution < -0.4 is 16.0 Å². The van der Waals surface area contributed by atoms with Crippen LogP contribution in [-0.4, -0.2) is 79.6 Å². The number of halogens is 2. The highest BCUT2D eigenvalue weighted by Gasteiger charge is 2.35. The molecule has 1 heterocycles. The maximum absolute atomic E-state index is 13.8. The Kier molecular flexibility index (Phi) is 13.4. The molecule has 0 saturated carbocycles. The molecule has 4 atom stereocenters. The van der Waals surface area contributed by atoms with Crippen molar-refractivity contribution < 1.29 is 42.2 Å². The summed E-state index contributed by atoms with van der Waals surface area (Å²) < 4.78 is 37.6. The van der Waals surface area contributed by atoms with Gasteiger partial charge in [-0.25, -0.2) is 23.2 Å². The maximum Gasteiger partial charge on any atom is 0.331 e. The van der Waals surface area contributed by atoms with Crippen LogP contribution >= 0.6 is 0 Å². The van der Waals surface area contributed by atoms with Gasteiger partial charge in [0, 0.05) is 32.5 Å². The first-order valence-corrected chi connectivity index (χ1v) is 13.8. The second kappa shape index (κ2) is 16.5. The lowest BCUT2D eigenvalue weighted by Crippen LogP contribution is -2.55. The van der Waals surface area contributed by atoms with E-state index in [1.54, 1.807) is 0 Å². The van der Waals surface area contributed by atoms with Gasteiger partial charge < -0.3 is 30.3 Å². The maximum atomic E-state index is 13.8. The number of hydrogen-bond acceptors (Lipinski definition) is 7. The topological polar surface area (TPSA) is 143 Å². The summed E-state index contributed by atoms with van der Waals surface area (Å²) in [7, 11) is 1.08. The van der Waals surface area contributed by atoms with E-state index in [2.05, 4.69) is 29.8 Å². The monoisotopic (exact) mass is 582 g/mol. The number of carbonyl (C=O) groups excluding carboxylic acids is 5. The van der Waals surface area contributed by atoms with Gasteiger partial charge in [0.05, 0.1) is 7.11 Å². The summed E-state index contributed by atoms with van der Waals surface area (Å²) in [5, 5.41) is 7.53. The minimum Gasteiger partial charge on any atom is -0.467 e. The lowest BCUT2D eigenvalue weighted by molar-refractivity contribution is -0.157. The summed E-state index contributed by atoms with van der Waals surface area (Å²) in [5.41, 5.74) is 0.0892. The molecule has 2 unspecified atom stereocenters. The molecule has 1 fully saturated rings. The number of hydrogen-bond donors (Lipinski definition) is 3. The minimum absolute atomic E-state index is 0.0892. The van der Waals surface area contributed by atoms with Gasteiger partial charge in [-0.1, -0.05) is 20.3 Å². The first-order valence-electron chi connectivity index (χ1n) is 13.8. The van der Waals surface area contributed by atoms with Gasteiger partial charge in [0.2, 0.25) is 11.8 Å². The molecule has 1 aromatic carbocycles. The highest BCUT2D eigenvalue weighted by Crippen LogP contribution is 2.19. The van der Waals surface area contributed by atoms with Gasteiger partial charge in [0.25, 0.3) is 0 Å². The predicted octanol–water partition coefficient (Wildman–Crippen LogP) is 2.21. The number of nitrogens with zero attached hydrogens (tertiary/aromatic N) is 1. The molecule has 1 aliphatic rings. The standard InChI is InChI=1S/C28H40F2N4O7/c1-5-17(2)8-6-10-31-28(39)33-22(14-19-12-20(29)15-21(30)13-19)25(36)32-23(26(37)40-4)16-41-27(38)24-9-7-11-34(24)18(3)35/h12-13,15,17,22-24H,5-11,14,16H2,1-4H3,(H,32,36)(H2,31,33,39)/t17?,22-,23-,24?/m0/s1. The number of methoxy groups -OCH3 is 1. The molecule has 1 aromatic rings. The molecule has 0 spiro atoms. The molecule has 1 saturated heterocycles. The number of rotatable bonds is 14. The third-order valence-corrected chi connectivity index (χ3v) is 6.96. The average molecular weight is 583 g/mol. The Morgan fingerprint density at radius 3 is 2.37 bits per heavy atom. The summed E-state index contributed by atoms with van der Waals surface area (Å²) >= 11 is 0. The van der Waals surface area contributed by atoms with Crippen LogP contribution in [0.1, 0.15) is 58.4 Å². The van der Waals surface area contributed by atoms with Crippen molar-refractivity contribution in [2.75, 3.05) is 26.8 Å². The molecule has 0 radical (unpaired) electrons. The first kappa shape index (κ1) is 33.4. The Hall–Kier alpha value is -3.77. The second-order valence-electron chi connectivity index (χ2n) is 10.2. The summed E-state index contributed by atoms with van der Waals surface area (Å²) in [6, 6.07) is -1.56. The van der Waals surface area contributed by atoms with E-state index in [1.807, 2.05) is 0 Å². The zero-order valence-corrected chi connectivity index (χ0v) is 24.0. The van der Waals surface area contributed by atoms with Crippen LogP contribution in [0, 0.1) is 17.6 Å². The molecule has 3 N–H and O–H groups in total. The molecule has 1 aliphatic heterocycles. The Balaban J connectivity index is 2.11. The molecule has 0 bridgehead atoms. The van der Waals surface area contributed by atoms with Crippen molar-refractivity contribution in [2.45, 2.75) is 77.4 Å². The third-order valence-electron chi connectivity index (χ3n) is 6.96. The van der Waals surface area contributed by atoms with Crippen LogP contribution in [-0.2, 0) is 35.1 Å². The number of likely N-dealkylation sites (tertiary alicyclic amines) is 1. The Bertz CT molecular complexity index is 1070. The highest BCUT2D eigenvalue weighted by molar-refractivity contribution is 5.91. The number of nitrogens with one attached hydrogen (secondary N) is 3. The van der Waals surface area contributed by atoms with Crippen molar-refractivity contribution in [3.8, 4) is 0 Å². The summed E-state index contributed by atoms with van der Waals surface area (Å²) in [4.78, 5) is 64.0. The largest absolute Gasteiger partial charge is 0.467 e. The van der Waals surface area contributed by atoms with Gasteiger partial charge in [-0.05, 0) is 49.3 Å². The zero-order valence-electron chi connectivity index (χ0n) is 24.0. The Morgan fingerprint density at radius 2 is 1.76 bits per heavy atom. The molecule has 0 aromatic heterocycles. The fourth-order valence-electron chi connectivity index (χ4n) is 4.47. The van der Waals surface area contributed by atoms with Crippen molar-refractivity contribution in [2.24, 2.45) is 5.92 Å². The summed E-state index contributed by atoms with van der Waals surface area (Å²) in [5.74, 6) is -4.05. The number of amides is 4. The van der Waals surface area contributed by atoms with Gasteiger partial charge in [-0.2, -0.15) is 0 Å². The molecule has 11 nitrogen and oxygen atoms in total. The number of urea groups is 1. The van der Waals surface area contributed by atoms with Gasteiger partial charge in [-0.3, -0.25) is 9.59 Å². The third kappa shape index (κ3) is 11.0. The second-order valence-corrected chi connectivity index (χ2v) is 10.2. The van der Waals surface area contributed by atoms with Crippen molar-refractivity contribution in [3.63, 3.8) is 0 Å². The smallest absolute Gasteiger partial charge is 0.331 e. The lowest BCUT2D eigenvalue weighted by atomic mass is 10.0. The lowest BCUT2D eigenvalue weighted by Gasteiger charge is -2.24. The van der Waals surface area contributed by atoms with Crippen molar-refractivity contribution in [1.29, 1.82) is 0 Å². The van der Waals surface area contributed by atoms with Crippen LogP contribution in [0.25, 0.3) is 0 Å². The predicted molar refractivity (Wildman–Crippen MR) is 144 cm³/mol. The molecule has 2 rings (SSSR count). The van der Waals surface area contributed by atoms with E-state index in [4.69, 9.17) is 9.47 Å². The van der Waals surface area contributed by atoms with E-state index in [0.717, 1.165) is 32.1 Å². The molecule has 0 aliphatic carbocycles. The van der Waals surface area contributed by atoms with E-state index < -0.39 is 60.2 Å². The average Bonchev–Trinajstić information content (AvgIpc) is 3.42. The van der Waals surface area contributed by atoms with Gasteiger partial charge in [0.15, 0.2) is 6.04 Å². The highest BCUT2D eigenvalue weighted by atomic mass is 19.1. The van der Waals surface area contributed by atoms with E-state index in [1.165, 1.54) is 11.8 Å². The van der Waals surface area contributed by atoms with E-state index in [-0.39, 0.29) is 17.9 Å². The first-order chi connectivity index (χ1) is 19.4. The Labute approximate surface area is 238 Å². The summed E-state index contributed by atoms with van der Waals surface area (Å²) in [6.07, 6.45) is 3.33. The number of esters is 2. The van der Waals surface area contributed by atoms with E-state index in [9.17, 15) is 32.8 Å². The minimum atomic E-state index is -1.45.